The largest absolute Gasteiger partial charge is 0.366 e. The van der Waals surface area contributed by atoms with Crippen LogP contribution in [0.5, 0.6) is 0 Å². The molecule has 1 heterocycles. The van der Waals surface area contributed by atoms with Crippen molar-refractivity contribution < 1.29 is 9.18 Å². The molecule has 0 bridgehead atoms. The van der Waals surface area contributed by atoms with Crippen molar-refractivity contribution in [2.45, 2.75) is 45.6 Å². The third kappa shape index (κ3) is 4.20. The van der Waals surface area contributed by atoms with Gasteiger partial charge in [-0.3, -0.25) is 4.79 Å². The number of anilines is 2. The van der Waals surface area contributed by atoms with Crippen molar-refractivity contribution in [3.8, 4) is 6.07 Å². The summed E-state index contributed by atoms with van der Waals surface area (Å²) in [6, 6.07) is 11.9. The van der Waals surface area contributed by atoms with Gasteiger partial charge < -0.3 is 10.2 Å². The maximum Gasteiger partial charge on any atom is 0.266 e. The van der Waals surface area contributed by atoms with Crippen LogP contribution in [0.3, 0.4) is 0 Å². The number of nitriles is 1. The Hall–Kier alpha value is -2.84. The SMILES string of the molecule is CCN1c2cc(F)c(/C=C(\C#N)C(=O)Nc3ccccc3Cl)cc2C(C)CC1(C)C. The highest BCUT2D eigenvalue weighted by molar-refractivity contribution is 6.34. The number of nitrogens with zero attached hydrogens (tertiary/aromatic N) is 2. The van der Waals surface area contributed by atoms with Crippen LogP contribution in [-0.2, 0) is 4.79 Å². The minimum atomic E-state index is -0.632. The van der Waals surface area contributed by atoms with Crippen molar-refractivity contribution in [3.05, 3.63) is 63.9 Å². The summed E-state index contributed by atoms with van der Waals surface area (Å²) in [5.41, 5.74) is 2.25. The van der Waals surface area contributed by atoms with E-state index in [1.165, 1.54) is 12.1 Å². The summed E-state index contributed by atoms with van der Waals surface area (Å²) < 4.78 is 15.0. The summed E-state index contributed by atoms with van der Waals surface area (Å²) in [5, 5.41) is 12.5. The van der Waals surface area contributed by atoms with Crippen molar-refractivity contribution in [1.82, 2.24) is 0 Å². The summed E-state index contributed by atoms with van der Waals surface area (Å²) in [7, 11) is 0. The van der Waals surface area contributed by atoms with E-state index in [2.05, 4.69) is 37.9 Å². The Labute approximate surface area is 182 Å². The highest BCUT2D eigenvalue weighted by Crippen LogP contribution is 2.44. The average Bonchev–Trinajstić information content (AvgIpc) is 2.68. The monoisotopic (exact) mass is 425 g/mol. The number of para-hydroxylation sites is 1. The zero-order chi connectivity index (χ0) is 22.1. The van der Waals surface area contributed by atoms with E-state index < -0.39 is 11.7 Å². The minimum absolute atomic E-state index is 0.0718. The third-order valence-corrected chi connectivity index (χ3v) is 5.94. The number of benzene rings is 2. The lowest BCUT2D eigenvalue weighted by atomic mass is 9.79. The maximum absolute atomic E-state index is 15.0. The van der Waals surface area contributed by atoms with Crippen LogP contribution < -0.4 is 10.2 Å². The Morgan fingerprint density at radius 1 is 1.40 bits per heavy atom. The number of amides is 1. The van der Waals surface area contributed by atoms with Gasteiger partial charge in [-0.1, -0.05) is 30.7 Å². The van der Waals surface area contributed by atoms with Crippen LogP contribution in [0.4, 0.5) is 15.8 Å². The molecular weight excluding hydrogens is 401 g/mol. The van der Waals surface area contributed by atoms with Gasteiger partial charge in [-0.15, -0.1) is 0 Å². The fourth-order valence-electron chi connectivity index (χ4n) is 4.29. The molecule has 0 radical (unpaired) electrons. The second kappa shape index (κ2) is 8.49. The summed E-state index contributed by atoms with van der Waals surface area (Å²) in [6.45, 7) is 9.27. The lowest BCUT2D eigenvalue weighted by Gasteiger charge is -2.47. The number of hydrogen-bond acceptors (Lipinski definition) is 3. The van der Waals surface area contributed by atoms with Crippen molar-refractivity contribution in [1.29, 1.82) is 5.26 Å². The lowest BCUT2D eigenvalue weighted by molar-refractivity contribution is -0.112. The predicted octanol–water partition coefficient (Wildman–Crippen LogP) is 6.14. The van der Waals surface area contributed by atoms with Crippen molar-refractivity contribution >= 4 is 35.0 Å². The van der Waals surface area contributed by atoms with Crippen molar-refractivity contribution in [3.63, 3.8) is 0 Å². The van der Waals surface area contributed by atoms with Gasteiger partial charge in [0.15, 0.2) is 0 Å². The first-order valence-corrected chi connectivity index (χ1v) is 10.3. The van der Waals surface area contributed by atoms with Gasteiger partial charge in [0.25, 0.3) is 5.91 Å². The Balaban J connectivity index is 1.98. The number of nitrogens with one attached hydrogen (secondary N) is 1. The van der Waals surface area contributed by atoms with Gasteiger partial charge >= 0.3 is 0 Å². The van der Waals surface area contributed by atoms with E-state index in [0.717, 1.165) is 24.2 Å². The van der Waals surface area contributed by atoms with Crippen molar-refractivity contribution in [2.75, 3.05) is 16.8 Å². The topological polar surface area (TPSA) is 56.1 Å². The summed E-state index contributed by atoms with van der Waals surface area (Å²) in [4.78, 5) is 14.8. The molecule has 1 amide bonds. The standard InChI is InChI=1S/C24H25ClFN3O/c1-5-29-22-12-20(26)16(11-18(22)15(2)13-24(29,3)4)10-17(14-27)23(30)28-21-9-7-6-8-19(21)25/h6-12,15H,5,13H2,1-4H3,(H,28,30)/b17-10+. The lowest BCUT2D eigenvalue weighted by Crippen LogP contribution is -2.48. The molecule has 2 aromatic carbocycles. The first kappa shape index (κ1) is 21.9. The molecule has 6 heteroatoms. The number of fused-ring (bicyclic) bond motifs is 1. The van der Waals surface area contributed by atoms with E-state index >= 15 is 0 Å². The summed E-state index contributed by atoms with van der Waals surface area (Å²) in [6.07, 6.45) is 2.23. The summed E-state index contributed by atoms with van der Waals surface area (Å²) in [5.74, 6) is -0.865. The highest BCUT2D eigenvalue weighted by Gasteiger charge is 2.36. The van der Waals surface area contributed by atoms with Gasteiger partial charge in [0.1, 0.15) is 17.5 Å². The first-order valence-electron chi connectivity index (χ1n) is 9.96. The molecule has 0 saturated carbocycles. The molecule has 1 unspecified atom stereocenters. The van der Waals surface area contributed by atoms with E-state index in [-0.39, 0.29) is 22.6 Å². The third-order valence-electron chi connectivity index (χ3n) is 5.61. The molecule has 4 nitrogen and oxygen atoms in total. The number of rotatable bonds is 4. The minimum Gasteiger partial charge on any atom is -0.366 e. The second-order valence-corrected chi connectivity index (χ2v) is 8.61. The summed E-state index contributed by atoms with van der Waals surface area (Å²) >= 11 is 6.07. The number of carbonyl (C=O) groups is 1. The Kier molecular flexibility index (Phi) is 6.19. The Morgan fingerprint density at radius 3 is 2.73 bits per heavy atom. The van der Waals surface area contributed by atoms with E-state index in [1.54, 1.807) is 30.3 Å². The molecule has 2 aromatic rings. The average molecular weight is 426 g/mol. The van der Waals surface area contributed by atoms with E-state index in [0.29, 0.717) is 10.7 Å². The Morgan fingerprint density at radius 2 is 2.10 bits per heavy atom. The van der Waals surface area contributed by atoms with Crippen LogP contribution >= 0.6 is 11.6 Å². The smallest absolute Gasteiger partial charge is 0.266 e. The van der Waals surface area contributed by atoms with Crippen LogP contribution in [0.15, 0.2) is 42.0 Å². The maximum atomic E-state index is 15.0. The number of carbonyl (C=O) groups excluding carboxylic acids is 1. The molecule has 0 saturated heterocycles. The van der Waals surface area contributed by atoms with Gasteiger partial charge in [0, 0.05) is 23.3 Å². The van der Waals surface area contributed by atoms with Crippen molar-refractivity contribution in [2.24, 2.45) is 0 Å². The van der Waals surface area contributed by atoms with Gasteiger partial charge in [0.05, 0.1) is 10.7 Å². The second-order valence-electron chi connectivity index (χ2n) is 8.20. The predicted molar refractivity (Wildman–Crippen MR) is 120 cm³/mol. The molecule has 30 heavy (non-hydrogen) atoms. The quantitative estimate of drug-likeness (QED) is 0.473. The molecule has 0 spiro atoms. The Bertz CT molecular complexity index is 1050. The van der Waals surface area contributed by atoms with Crippen LogP contribution in [0.25, 0.3) is 6.08 Å². The van der Waals surface area contributed by atoms with Gasteiger partial charge in [-0.25, -0.2) is 4.39 Å². The van der Waals surface area contributed by atoms with E-state index in [1.807, 2.05) is 6.07 Å². The first-order chi connectivity index (χ1) is 14.2. The normalized spacial score (nSPS) is 17.8. The zero-order valence-electron chi connectivity index (χ0n) is 17.6. The van der Waals surface area contributed by atoms with E-state index in [9.17, 15) is 14.4 Å². The molecule has 1 atom stereocenters. The zero-order valence-corrected chi connectivity index (χ0v) is 18.3. The van der Waals surface area contributed by atoms with Gasteiger partial charge in [-0.2, -0.15) is 5.26 Å². The molecule has 0 aromatic heterocycles. The molecule has 3 rings (SSSR count). The molecule has 1 N–H and O–H groups in total. The number of halogens is 2. The highest BCUT2D eigenvalue weighted by atomic mass is 35.5. The molecule has 156 valence electrons. The van der Waals surface area contributed by atoms with E-state index in [4.69, 9.17) is 11.6 Å². The fourth-order valence-corrected chi connectivity index (χ4v) is 4.47. The molecular formula is C24H25ClFN3O. The van der Waals surface area contributed by atoms with Crippen LogP contribution in [0.2, 0.25) is 5.02 Å². The molecule has 1 aliphatic heterocycles. The van der Waals surface area contributed by atoms with Gasteiger partial charge in [0.2, 0.25) is 0 Å². The molecule has 0 aliphatic carbocycles. The van der Waals surface area contributed by atoms with Crippen LogP contribution in [-0.4, -0.2) is 18.0 Å². The van der Waals surface area contributed by atoms with Crippen LogP contribution in [0, 0.1) is 17.1 Å². The van der Waals surface area contributed by atoms with Gasteiger partial charge in [-0.05, 0) is 69.0 Å². The van der Waals surface area contributed by atoms with Crippen LogP contribution in [0.1, 0.15) is 51.2 Å². The fraction of sp³-hybridized carbons (Fsp3) is 0.333. The number of hydrogen-bond donors (Lipinski definition) is 1. The molecule has 1 aliphatic rings. The molecule has 0 fully saturated rings.